The summed E-state index contributed by atoms with van der Waals surface area (Å²) in [6.45, 7) is 7.15. The van der Waals surface area contributed by atoms with E-state index in [4.69, 9.17) is 4.52 Å². The molecule has 146 valence electrons. The van der Waals surface area contributed by atoms with Gasteiger partial charge in [0.1, 0.15) is 0 Å². The van der Waals surface area contributed by atoms with Crippen molar-refractivity contribution in [3.05, 3.63) is 65.4 Å². The van der Waals surface area contributed by atoms with Crippen LogP contribution in [0.5, 0.6) is 0 Å². The minimum absolute atomic E-state index is 0.0113. The van der Waals surface area contributed by atoms with Gasteiger partial charge < -0.3 is 4.52 Å². The van der Waals surface area contributed by atoms with Crippen LogP contribution >= 0.6 is 0 Å². The number of carbonyl (C=O) groups is 1. The Kier molecular flexibility index (Phi) is 5.38. The molecule has 1 N–H and O–H groups in total. The number of aromatic nitrogens is 1. The Morgan fingerprint density at radius 2 is 1.75 bits per heavy atom. The van der Waals surface area contributed by atoms with Gasteiger partial charge in [0.2, 0.25) is 0 Å². The molecule has 3 aromatic rings. The maximum Gasteiger partial charge on any atom is 0.262 e. The second-order valence-electron chi connectivity index (χ2n) is 6.98. The SMILES string of the molecule is CC(=O)c1ccc(NS(=O)(=O)c2cc(-c3cc(C)no3)ccc2C(C)C)cc1. The van der Waals surface area contributed by atoms with Crippen LogP contribution in [0.2, 0.25) is 0 Å². The first-order valence-electron chi connectivity index (χ1n) is 8.89. The van der Waals surface area contributed by atoms with E-state index in [1.54, 1.807) is 49.4 Å². The molecule has 1 heterocycles. The molecule has 0 amide bonds. The summed E-state index contributed by atoms with van der Waals surface area (Å²) >= 11 is 0. The fourth-order valence-electron chi connectivity index (χ4n) is 2.88. The lowest BCUT2D eigenvalue weighted by molar-refractivity contribution is 0.101. The molecule has 0 saturated carbocycles. The summed E-state index contributed by atoms with van der Waals surface area (Å²) in [6, 6.07) is 13.3. The van der Waals surface area contributed by atoms with Gasteiger partial charge in [-0.25, -0.2) is 8.42 Å². The monoisotopic (exact) mass is 398 g/mol. The molecule has 0 aliphatic rings. The number of hydrogen-bond donors (Lipinski definition) is 1. The van der Waals surface area contributed by atoms with Gasteiger partial charge in [-0.3, -0.25) is 9.52 Å². The molecule has 0 unspecified atom stereocenters. The second kappa shape index (κ2) is 7.59. The van der Waals surface area contributed by atoms with Crippen LogP contribution in [0.1, 0.15) is 48.3 Å². The standard InChI is InChI=1S/C21H22N2O4S/c1-13(2)19-10-7-17(20-11-14(3)22-27-20)12-21(19)28(25,26)23-18-8-5-16(6-9-18)15(4)24/h5-13,23H,1-4H3. The highest BCUT2D eigenvalue weighted by molar-refractivity contribution is 7.92. The zero-order valence-corrected chi connectivity index (χ0v) is 17.0. The van der Waals surface area contributed by atoms with Crippen molar-refractivity contribution >= 4 is 21.5 Å². The lowest BCUT2D eigenvalue weighted by atomic mass is 10.0. The summed E-state index contributed by atoms with van der Waals surface area (Å²) in [7, 11) is -3.84. The van der Waals surface area contributed by atoms with Crippen LogP contribution in [0.25, 0.3) is 11.3 Å². The molecular weight excluding hydrogens is 376 g/mol. The quantitative estimate of drug-likeness (QED) is 0.604. The van der Waals surface area contributed by atoms with Crippen LogP contribution in [0.3, 0.4) is 0 Å². The summed E-state index contributed by atoms with van der Waals surface area (Å²) in [4.78, 5) is 11.6. The summed E-state index contributed by atoms with van der Waals surface area (Å²) in [5, 5.41) is 3.86. The molecule has 0 atom stereocenters. The molecule has 0 saturated heterocycles. The minimum atomic E-state index is -3.84. The average Bonchev–Trinajstić information content (AvgIpc) is 3.07. The van der Waals surface area contributed by atoms with Gasteiger partial charge in [0.05, 0.1) is 10.6 Å². The molecule has 0 fully saturated rings. The minimum Gasteiger partial charge on any atom is -0.356 e. The molecule has 0 radical (unpaired) electrons. The van der Waals surface area contributed by atoms with Gasteiger partial charge in [-0.05, 0) is 55.7 Å². The number of sulfonamides is 1. The zero-order valence-electron chi connectivity index (χ0n) is 16.2. The Labute approximate surface area is 164 Å². The molecule has 2 aromatic carbocycles. The highest BCUT2D eigenvalue weighted by Gasteiger charge is 2.22. The Bertz CT molecular complexity index is 1110. The van der Waals surface area contributed by atoms with E-state index in [0.29, 0.717) is 28.1 Å². The van der Waals surface area contributed by atoms with Gasteiger partial charge in [0.15, 0.2) is 11.5 Å². The third-order valence-electron chi connectivity index (χ3n) is 4.38. The number of nitrogens with zero attached hydrogens (tertiary/aromatic N) is 1. The normalized spacial score (nSPS) is 11.6. The number of Topliss-reactive ketones (excluding diaryl/α,β-unsaturated/α-hetero) is 1. The second-order valence-corrected chi connectivity index (χ2v) is 8.63. The van der Waals surface area contributed by atoms with Crippen LogP contribution in [0, 0.1) is 6.92 Å². The number of benzene rings is 2. The van der Waals surface area contributed by atoms with Crippen molar-refractivity contribution in [2.45, 2.75) is 38.5 Å². The van der Waals surface area contributed by atoms with E-state index < -0.39 is 10.0 Å². The number of nitrogens with one attached hydrogen (secondary N) is 1. The van der Waals surface area contributed by atoms with Gasteiger partial charge in [-0.2, -0.15) is 0 Å². The Balaban J connectivity index is 2.02. The van der Waals surface area contributed by atoms with Gasteiger partial charge in [-0.1, -0.05) is 31.1 Å². The van der Waals surface area contributed by atoms with Crippen molar-refractivity contribution < 1.29 is 17.7 Å². The van der Waals surface area contributed by atoms with Crippen LogP contribution in [-0.2, 0) is 10.0 Å². The zero-order chi connectivity index (χ0) is 20.5. The van der Waals surface area contributed by atoms with E-state index in [9.17, 15) is 13.2 Å². The van der Waals surface area contributed by atoms with Crippen molar-refractivity contribution in [1.82, 2.24) is 5.16 Å². The van der Waals surface area contributed by atoms with E-state index in [2.05, 4.69) is 9.88 Å². The van der Waals surface area contributed by atoms with Crippen molar-refractivity contribution in [2.24, 2.45) is 0 Å². The third-order valence-corrected chi connectivity index (χ3v) is 5.82. The number of aryl methyl sites for hydroxylation is 1. The maximum absolute atomic E-state index is 13.1. The van der Waals surface area contributed by atoms with Crippen molar-refractivity contribution in [2.75, 3.05) is 4.72 Å². The third kappa shape index (κ3) is 4.14. The smallest absolute Gasteiger partial charge is 0.262 e. The van der Waals surface area contributed by atoms with Crippen LogP contribution in [-0.4, -0.2) is 19.4 Å². The summed E-state index contributed by atoms with van der Waals surface area (Å²) in [5.41, 5.74) is 2.97. The summed E-state index contributed by atoms with van der Waals surface area (Å²) < 4.78 is 34.1. The summed E-state index contributed by atoms with van der Waals surface area (Å²) in [5.74, 6) is 0.443. The van der Waals surface area contributed by atoms with Crippen LogP contribution in [0.15, 0.2) is 57.9 Å². The number of rotatable bonds is 6. The lowest BCUT2D eigenvalue weighted by Gasteiger charge is -2.16. The van der Waals surface area contributed by atoms with Crippen molar-refractivity contribution in [3.8, 4) is 11.3 Å². The molecule has 3 rings (SSSR count). The molecule has 0 aliphatic carbocycles. The number of hydrogen-bond acceptors (Lipinski definition) is 5. The Morgan fingerprint density at radius 3 is 2.29 bits per heavy atom. The predicted molar refractivity (Wildman–Crippen MR) is 108 cm³/mol. The fourth-order valence-corrected chi connectivity index (χ4v) is 4.33. The van der Waals surface area contributed by atoms with E-state index >= 15 is 0 Å². The number of anilines is 1. The van der Waals surface area contributed by atoms with Gasteiger partial charge in [-0.15, -0.1) is 0 Å². The van der Waals surface area contributed by atoms with Gasteiger partial charge >= 0.3 is 0 Å². The molecule has 6 nitrogen and oxygen atoms in total. The van der Waals surface area contributed by atoms with Crippen molar-refractivity contribution in [1.29, 1.82) is 0 Å². The number of ketones is 1. The van der Waals surface area contributed by atoms with E-state index in [1.165, 1.54) is 6.92 Å². The maximum atomic E-state index is 13.1. The van der Waals surface area contributed by atoms with Gasteiger partial charge in [0.25, 0.3) is 10.0 Å². The Morgan fingerprint density at radius 1 is 1.07 bits per heavy atom. The van der Waals surface area contributed by atoms with Crippen LogP contribution in [0.4, 0.5) is 5.69 Å². The molecule has 28 heavy (non-hydrogen) atoms. The fraction of sp³-hybridized carbons (Fsp3) is 0.238. The van der Waals surface area contributed by atoms with Crippen LogP contribution < -0.4 is 4.72 Å². The van der Waals surface area contributed by atoms with E-state index in [0.717, 1.165) is 5.69 Å². The summed E-state index contributed by atoms with van der Waals surface area (Å²) in [6.07, 6.45) is 0. The molecule has 0 spiro atoms. The average molecular weight is 398 g/mol. The molecule has 7 heteroatoms. The van der Waals surface area contributed by atoms with Crippen molar-refractivity contribution in [3.63, 3.8) is 0 Å². The molecule has 0 bridgehead atoms. The predicted octanol–water partition coefficient (Wildman–Crippen LogP) is 4.78. The molecule has 1 aromatic heterocycles. The first-order chi connectivity index (χ1) is 13.2. The van der Waals surface area contributed by atoms with E-state index in [1.807, 2.05) is 19.9 Å². The number of carbonyl (C=O) groups excluding carboxylic acids is 1. The van der Waals surface area contributed by atoms with Gasteiger partial charge in [0, 0.05) is 22.9 Å². The lowest BCUT2D eigenvalue weighted by Crippen LogP contribution is -2.16. The topological polar surface area (TPSA) is 89.3 Å². The molecular formula is C21H22N2O4S. The van der Waals surface area contributed by atoms with E-state index in [-0.39, 0.29) is 16.6 Å². The Hall–Kier alpha value is -2.93. The molecule has 0 aliphatic heterocycles. The first kappa shape index (κ1) is 19.8. The highest BCUT2D eigenvalue weighted by Crippen LogP contribution is 2.31. The first-order valence-corrected chi connectivity index (χ1v) is 10.4. The highest BCUT2D eigenvalue weighted by atomic mass is 32.2. The largest absolute Gasteiger partial charge is 0.356 e.